The van der Waals surface area contributed by atoms with Crippen molar-refractivity contribution < 1.29 is 29.0 Å². The summed E-state index contributed by atoms with van der Waals surface area (Å²) in [6, 6.07) is 15.9. The van der Waals surface area contributed by atoms with E-state index in [1.54, 1.807) is 27.0 Å². The Morgan fingerprint density at radius 2 is 1.47 bits per heavy atom. The fourth-order valence-electron chi connectivity index (χ4n) is 7.24. The highest BCUT2D eigenvalue weighted by Crippen LogP contribution is 2.30. The van der Waals surface area contributed by atoms with Gasteiger partial charge in [-0.25, -0.2) is 9.78 Å². The summed E-state index contributed by atoms with van der Waals surface area (Å²) in [4.78, 5) is 62.1. The van der Waals surface area contributed by atoms with Crippen LogP contribution in [0.1, 0.15) is 102 Å². The van der Waals surface area contributed by atoms with Crippen LogP contribution in [0, 0.1) is 11.8 Å². The highest BCUT2D eigenvalue weighted by molar-refractivity contribution is 5.91. The lowest BCUT2D eigenvalue weighted by Crippen LogP contribution is -2.58. The molecule has 12 nitrogen and oxygen atoms in total. The predicted molar refractivity (Wildman–Crippen MR) is 213 cm³/mol. The number of carbonyl (C=O) groups excluding carboxylic acids is 4. The van der Waals surface area contributed by atoms with Crippen LogP contribution in [0.25, 0.3) is 0 Å². The van der Waals surface area contributed by atoms with Crippen molar-refractivity contribution >= 4 is 23.7 Å². The average Bonchev–Trinajstić information content (AvgIpc) is 3.67. The van der Waals surface area contributed by atoms with Crippen LogP contribution in [0.5, 0.6) is 0 Å². The molecular formula is C43H62N6O6. The summed E-state index contributed by atoms with van der Waals surface area (Å²) < 4.78 is 5.48. The number of nitrogens with two attached hydrogens (primary N) is 1. The Labute approximate surface area is 326 Å². The van der Waals surface area contributed by atoms with E-state index in [0.717, 1.165) is 43.2 Å². The van der Waals surface area contributed by atoms with Crippen molar-refractivity contribution in [3.8, 4) is 0 Å². The summed E-state index contributed by atoms with van der Waals surface area (Å²) in [5, 5.41) is 20.7. The fourth-order valence-corrected chi connectivity index (χ4v) is 7.24. The van der Waals surface area contributed by atoms with Gasteiger partial charge >= 0.3 is 6.09 Å². The third-order valence-corrected chi connectivity index (χ3v) is 10.3. The Kier molecular flexibility index (Phi) is 16.9. The number of carbonyl (C=O) groups is 4. The molecule has 1 saturated carbocycles. The van der Waals surface area contributed by atoms with Crippen LogP contribution in [-0.2, 0) is 38.4 Å². The van der Waals surface area contributed by atoms with Gasteiger partial charge in [0, 0.05) is 43.1 Å². The van der Waals surface area contributed by atoms with Gasteiger partial charge in [0.15, 0.2) is 0 Å². The molecule has 7 N–H and O–H groups in total. The molecule has 2 aromatic carbocycles. The second-order valence-corrected chi connectivity index (χ2v) is 16.1. The van der Waals surface area contributed by atoms with Gasteiger partial charge in [0.25, 0.3) is 0 Å². The quantitative estimate of drug-likeness (QED) is 0.0892. The van der Waals surface area contributed by atoms with Crippen molar-refractivity contribution in [3.05, 3.63) is 90.0 Å². The van der Waals surface area contributed by atoms with Crippen molar-refractivity contribution in [1.82, 2.24) is 25.9 Å². The number of aromatic amines is 1. The van der Waals surface area contributed by atoms with Gasteiger partial charge in [0.05, 0.1) is 18.5 Å². The van der Waals surface area contributed by atoms with Gasteiger partial charge in [0.2, 0.25) is 11.8 Å². The van der Waals surface area contributed by atoms with E-state index in [9.17, 15) is 24.3 Å². The summed E-state index contributed by atoms with van der Waals surface area (Å²) in [6.45, 7) is 7.16. The number of nitrogens with zero attached hydrogens (tertiary/aromatic N) is 1. The highest BCUT2D eigenvalue weighted by Gasteiger charge is 2.34. The van der Waals surface area contributed by atoms with Gasteiger partial charge in [-0.2, -0.15) is 0 Å². The maximum atomic E-state index is 14.4. The van der Waals surface area contributed by atoms with Crippen molar-refractivity contribution in [2.75, 3.05) is 0 Å². The molecule has 3 amide bonds. The minimum atomic E-state index is -1.09. The van der Waals surface area contributed by atoms with Crippen LogP contribution in [0.15, 0.2) is 73.2 Å². The molecule has 3 aromatic rings. The van der Waals surface area contributed by atoms with Crippen LogP contribution < -0.4 is 21.7 Å². The molecular weight excluding hydrogens is 697 g/mol. The van der Waals surface area contributed by atoms with Crippen LogP contribution in [-0.4, -0.2) is 74.6 Å². The largest absolute Gasteiger partial charge is 0.444 e. The standard InChI is InChI=1S/C43H62N6O6/c1-5-33(44)25-38(50)32(21-29-15-9-6-10-16-29)24-39(51)35(22-30-17-11-7-12-18-30)47-41(53)37(26-34-27-45-28-46-34)48-40(52)36(23-31-19-13-8-14-20-31)49-42(54)55-43(2,3)4/h6,8-10,13-16,19-20,27-28,30,32-33,35-37,39,51H,5,7,11-12,17-18,21-26,44H2,1-4H3,(H,45,46)(H,47,53)(H,48,52)(H,49,54)/t32-,33?,35?,36?,37?,39?/m0/s1. The number of Topliss-reactive ketones (excluding diaryl/α,β-unsaturated/α-hetero) is 1. The number of hydrogen-bond donors (Lipinski definition) is 6. The Balaban J connectivity index is 1.59. The number of alkyl carbamates (subject to hydrolysis) is 1. The summed E-state index contributed by atoms with van der Waals surface area (Å²) in [5.41, 5.74) is 7.84. The third kappa shape index (κ3) is 15.2. The number of aliphatic hydroxyl groups excluding tert-OH is 1. The van der Waals surface area contributed by atoms with Crippen LogP contribution >= 0.6 is 0 Å². The molecule has 1 aliphatic carbocycles. The first-order chi connectivity index (χ1) is 26.3. The normalized spacial score (nSPS) is 16.8. The molecule has 12 heteroatoms. The van der Waals surface area contributed by atoms with Crippen LogP contribution in [0.3, 0.4) is 0 Å². The molecule has 1 aromatic heterocycles. The van der Waals surface area contributed by atoms with E-state index >= 15 is 0 Å². The Morgan fingerprint density at radius 3 is 2.05 bits per heavy atom. The number of aliphatic hydroxyl groups is 1. The van der Waals surface area contributed by atoms with E-state index < -0.39 is 53.7 Å². The van der Waals surface area contributed by atoms with Gasteiger partial charge < -0.3 is 36.5 Å². The van der Waals surface area contributed by atoms with E-state index in [4.69, 9.17) is 10.5 Å². The van der Waals surface area contributed by atoms with Crippen molar-refractivity contribution in [2.24, 2.45) is 17.6 Å². The maximum absolute atomic E-state index is 14.4. The molecule has 0 aliphatic heterocycles. The number of benzene rings is 2. The van der Waals surface area contributed by atoms with Gasteiger partial charge in [-0.15, -0.1) is 0 Å². The number of hydrogen-bond acceptors (Lipinski definition) is 8. The number of nitrogens with one attached hydrogen (secondary N) is 4. The van der Waals surface area contributed by atoms with Crippen molar-refractivity contribution in [3.63, 3.8) is 0 Å². The zero-order valence-electron chi connectivity index (χ0n) is 33.0. The van der Waals surface area contributed by atoms with Crippen LogP contribution in [0.4, 0.5) is 4.79 Å². The minimum Gasteiger partial charge on any atom is -0.444 e. The SMILES string of the molecule is CCC(N)CC(=O)[C@@H](Cc1ccccc1)CC(O)C(CC1CCCCC1)NC(=O)C(Cc1cnc[nH]1)NC(=O)C(Cc1ccccc1)NC(=O)OC(C)(C)C. The molecule has 6 atom stereocenters. The van der Waals surface area contributed by atoms with E-state index in [2.05, 4.69) is 25.9 Å². The molecule has 0 bridgehead atoms. The number of rotatable bonds is 20. The van der Waals surface area contributed by atoms with E-state index in [1.165, 1.54) is 6.33 Å². The Bertz CT molecular complexity index is 1610. The first kappa shape index (κ1) is 43.2. The lowest BCUT2D eigenvalue weighted by Gasteiger charge is -2.33. The lowest BCUT2D eigenvalue weighted by atomic mass is 9.80. The van der Waals surface area contributed by atoms with Gasteiger partial charge in [-0.3, -0.25) is 14.4 Å². The maximum Gasteiger partial charge on any atom is 0.408 e. The lowest BCUT2D eigenvalue weighted by molar-refractivity contribution is -0.131. The summed E-state index contributed by atoms with van der Waals surface area (Å²) in [7, 11) is 0. The smallest absolute Gasteiger partial charge is 0.408 e. The molecule has 0 saturated heterocycles. The van der Waals surface area contributed by atoms with Gasteiger partial charge in [0.1, 0.15) is 23.5 Å². The monoisotopic (exact) mass is 758 g/mol. The Morgan fingerprint density at radius 1 is 0.873 bits per heavy atom. The second-order valence-electron chi connectivity index (χ2n) is 16.1. The first-order valence-corrected chi connectivity index (χ1v) is 19.9. The van der Waals surface area contributed by atoms with E-state index in [1.807, 2.05) is 67.6 Å². The Hall–Kier alpha value is -4.55. The number of amides is 3. The molecule has 0 spiro atoms. The average molecular weight is 759 g/mol. The highest BCUT2D eigenvalue weighted by atomic mass is 16.6. The molecule has 300 valence electrons. The molecule has 5 unspecified atom stereocenters. The predicted octanol–water partition coefficient (Wildman–Crippen LogP) is 5.33. The van der Waals surface area contributed by atoms with Gasteiger partial charge in [-0.05, 0) is 63.5 Å². The fraction of sp³-hybridized carbons (Fsp3) is 0.558. The summed E-state index contributed by atoms with van der Waals surface area (Å²) >= 11 is 0. The number of H-pyrrole nitrogens is 1. The zero-order chi connectivity index (χ0) is 39.8. The zero-order valence-corrected chi connectivity index (χ0v) is 33.0. The molecule has 4 rings (SSSR count). The molecule has 0 radical (unpaired) electrons. The molecule has 1 fully saturated rings. The van der Waals surface area contributed by atoms with Crippen molar-refractivity contribution in [2.45, 2.75) is 141 Å². The molecule has 1 aliphatic rings. The second kappa shape index (κ2) is 21.5. The first-order valence-electron chi connectivity index (χ1n) is 19.9. The van der Waals surface area contributed by atoms with Crippen LogP contribution in [0.2, 0.25) is 0 Å². The van der Waals surface area contributed by atoms with E-state index in [0.29, 0.717) is 30.9 Å². The van der Waals surface area contributed by atoms with E-state index in [-0.39, 0.29) is 37.5 Å². The topological polar surface area (TPSA) is 189 Å². The number of ether oxygens (including phenoxy) is 1. The number of ketones is 1. The number of imidazole rings is 1. The molecule has 1 heterocycles. The minimum absolute atomic E-state index is 0.00803. The number of aromatic nitrogens is 2. The third-order valence-electron chi connectivity index (χ3n) is 10.3. The van der Waals surface area contributed by atoms with Gasteiger partial charge in [-0.1, -0.05) is 99.7 Å². The molecule has 55 heavy (non-hydrogen) atoms. The van der Waals surface area contributed by atoms with Crippen molar-refractivity contribution in [1.29, 1.82) is 0 Å². The summed E-state index contributed by atoms with van der Waals surface area (Å²) in [5.74, 6) is -1.28. The summed E-state index contributed by atoms with van der Waals surface area (Å²) in [6.07, 6.45) is 8.83.